The van der Waals surface area contributed by atoms with Gasteiger partial charge in [-0.15, -0.1) is 5.10 Å². The van der Waals surface area contributed by atoms with Gasteiger partial charge in [-0.25, -0.2) is 4.98 Å². The summed E-state index contributed by atoms with van der Waals surface area (Å²) in [7, 11) is 0. The average molecular weight is 248 g/mol. The SMILES string of the molecule is CCCn1ccnc(NCCn2ccnn2)c1=O. The monoisotopic (exact) mass is 248 g/mol. The number of rotatable bonds is 6. The van der Waals surface area contributed by atoms with Crippen LogP contribution in [0.1, 0.15) is 13.3 Å². The number of hydrogen-bond acceptors (Lipinski definition) is 5. The molecule has 0 spiro atoms. The van der Waals surface area contributed by atoms with Gasteiger partial charge in [-0.2, -0.15) is 0 Å². The molecule has 7 heteroatoms. The Bertz CT molecular complexity index is 533. The molecule has 18 heavy (non-hydrogen) atoms. The highest BCUT2D eigenvalue weighted by atomic mass is 16.1. The molecule has 0 atom stereocenters. The lowest BCUT2D eigenvalue weighted by molar-refractivity contribution is 0.605. The highest BCUT2D eigenvalue weighted by molar-refractivity contribution is 5.30. The van der Waals surface area contributed by atoms with E-state index < -0.39 is 0 Å². The maximum absolute atomic E-state index is 12.0. The first-order valence-electron chi connectivity index (χ1n) is 5.94. The van der Waals surface area contributed by atoms with Crippen molar-refractivity contribution < 1.29 is 0 Å². The van der Waals surface area contributed by atoms with E-state index in [4.69, 9.17) is 0 Å². The molecular formula is C11H16N6O. The van der Waals surface area contributed by atoms with Crippen molar-refractivity contribution >= 4 is 5.82 Å². The molecule has 96 valence electrons. The molecule has 0 aliphatic heterocycles. The van der Waals surface area contributed by atoms with Crippen molar-refractivity contribution in [3.05, 3.63) is 35.1 Å². The van der Waals surface area contributed by atoms with Crippen LogP contribution in [0.4, 0.5) is 5.82 Å². The minimum Gasteiger partial charge on any atom is -0.364 e. The van der Waals surface area contributed by atoms with Crippen LogP contribution in [0, 0.1) is 0 Å². The molecule has 0 fully saturated rings. The van der Waals surface area contributed by atoms with Crippen molar-refractivity contribution in [3.63, 3.8) is 0 Å². The van der Waals surface area contributed by atoms with Crippen molar-refractivity contribution in [2.75, 3.05) is 11.9 Å². The topological polar surface area (TPSA) is 77.6 Å². The third-order valence-corrected chi connectivity index (χ3v) is 2.48. The van der Waals surface area contributed by atoms with Crippen molar-refractivity contribution in [2.24, 2.45) is 0 Å². The second kappa shape index (κ2) is 5.95. The largest absolute Gasteiger partial charge is 0.364 e. The molecule has 2 aromatic heterocycles. The number of anilines is 1. The van der Waals surface area contributed by atoms with Crippen LogP contribution in [0.25, 0.3) is 0 Å². The molecule has 0 amide bonds. The van der Waals surface area contributed by atoms with Gasteiger partial charge >= 0.3 is 0 Å². The van der Waals surface area contributed by atoms with Crippen molar-refractivity contribution in [1.29, 1.82) is 0 Å². The third-order valence-electron chi connectivity index (χ3n) is 2.48. The quantitative estimate of drug-likeness (QED) is 0.798. The molecule has 0 aliphatic rings. The summed E-state index contributed by atoms with van der Waals surface area (Å²) in [5.74, 6) is 0.381. The first kappa shape index (κ1) is 12.3. The van der Waals surface area contributed by atoms with E-state index in [-0.39, 0.29) is 5.56 Å². The summed E-state index contributed by atoms with van der Waals surface area (Å²) in [6, 6.07) is 0. The predicted molar refractivity (Wildman–Crippen MR) is 67.3 cm³/mol. The van der Waals surface area contributed by atoms with Crippen LogP contribution in [-0.2, 0) is 13.1 Å². The fraction of sp³-hybridized carbons (Fsp3) is 0.455. The van der Waals surface area contributed by atoms with E-state index in [1.54, 1.807) is 34.0 Å². The molecule has 2 rings (SSSR count). The lowest BCUT2D eigenvalue weighted by atomic mass is 10.4. The van der Waals surface area contributed by atoms with E-state index in [1.807, 2.05) is 6.92 Å². The van der Waals surface area contributed by atoms with Gasteiger partial charge in [-0.3, -0.25) is 9.48 Å². The van der Waals surface area contributed by atoms with E-state index in [0.717, 1.165) is 6.42 Å². The van der Waals surface area contributed by atoms with E-state index in [1.165, 1.54) is 0 Å². The molecule has 0 saturated carbocycles. The Labute approximate surface area is 104 Å². The fourth-order valence-corrected chi connectivity index (χ4v) is 1.63. The summed E-state index contributed by atoms with van der Waals surface area (Å²) < 4.78 is 3.35. The minimum absolute atomic E-state index is 0.0852. The van der Waals surface area contributed by atoms with Crippen LogP contribution in [-0.4, -0.2) is 31.1 Å². The Morgan fingerprint density at radius 3 is 2.89 bits per heavy atom. The van der Waals surface area contributed by atoms with Gasteiger partial charge in [0.25, 0.3) is 5.56 Å². The number of nitrogens with zero attached hydrogens (tertiary/aromatic N) is 5. The van der Waals surface area contributed by atoms with E-state index >= 15 is 0 Å². The van der Waals surface area contributed by atoms with Crippen molar-refractivity contribution in [1.82, 2.24) is 24.5 Å². The van der Waals surface area contributed by atoms with Gasteiger partial charge in [-0.05, 0) is 6.42 Å². The highest BCUT2D eigenvalue weighted by Crippen LogP contribution is 1.94. The number of aromatic nitrogens is 5. The highest BCUT2D eigenvalue weighted by Gasteiger charge is 2.03. The van der Waals surface area contributed by atoms with Crippen LogP contribution in [0.15, 0.2) is 29.6 Å². The molecule has 0 unspecified atom stereocenters. The first-order chi connectivity index (χ1) is 8.81. The fourth-order valence-electron chi connectivity index (χ4n) is 1.63. The van der Waals surface area contributed by atoms with E-state index in [0.29, 0.717) is 25.5 Å². The smallest absolute Gasteiger partial charge is 0.293 e. The van der Waals surface area contributed by atoms with E-state index in [2.05, 4.69) is 20.6 Å². The maximum atomic E-state index is 12.0. The Kier molecular flexibility index (Phi) is 4.06. The average Bonchev–Trinajstić information content (AvgIpc) is 2.87. The van der Waals surface area contributed by atoms with Crippen LogP contribution < -0.4 is 10.9 Å². The second-order valence-corrected chi connectivity index (χ2v) is 3.87. The molecule has 0 saturated heterocycles. The van der Waals surface area contributed by atoms with Gasteiger partial charge in [0.05, 0.1) is 12.7 Å². The van der Waals surface area contributed by atoms with Gasteiger partial charge in [0, 0.05) is 31.7 Å². The summed E-state index contributed by atoms with van der Waals surface area (Å²) in [6.45, 7) is 3.97. The predicted octanol–water partition coefficient (Wildman–Crippen LogP) is 0.357. The molecular weight excluding hydrogens is 232 g/mol. The number of hydrogen-bond donors (Lipinski definition) is 1. The zero-order chi connectivity index (χ0) is 12.8. The van der Waals surface area contributed by atoms with Crippen LogP contribution in [0.2, 0.25) is 0 Å². The second-order valence-electron chi connectivity index (χ2n) is 3.87. The van der Waals surface area contributed by atoms with Gasteiger partial charge in [0.2, 0.25) is 0 Å². The summed E-state index contributed by atoms with van der Waals surface area (Å²) in [5, 5.41) is 10.6. The lowest BCUT2D eigenvalue weighted by Crippen LogP contribution is -2.25. The Hall–Kier alpha value is -2.18. The van der Waals surface area contributed by atoms with E-state index in [9.17, 15) is 4.79 Å². The maximum Gasteiger partial charge on any atom is 0.293 e. The molecule has 1 N–H and O–H groups in total. The summed E-state index contributed by atoms with van der Waals surface area (Å²) in [4.78, 5) is 16.0. The van der Waals surface area contributed by atoms with Crippen LogP contribution >= 0.6 is 0 Å². The Morgan fingerprint density at radius 2 is 2.17 bits per heavy atom. The minimum atomic E-state index is -0.0852. The van der Waals surface area contributed by atoms with Crippen LogP contribution in [0.5, 0.6) is 0 Å². The summed E-state index contributed by atoms with van der Waals surface area (Å²) in [5.41, 5.74) is -0.0852. The molecule has 0 aromatic carbocycles. The lowest BCUT2D eigenvalue weighted by Gasteiger charge is -2.07. The molecule has 7 nitrogen and oxygen atoms in total. The Balaban J connectivity index is 1.97. The van der Waals surface area contributed by atoms with Crippen LogP contribution in [0.3, 0.4) is 0 Å². The third kappa shape index (κ3) is 2.93. The van der Waals surface area contributed by atoms with Crippen molar-refractivity contribution in [3.8, 4) is 0 Å². The molecule has 0 bridgehead atoms. The zero-order valence-electron chi connectivity index (χ0n) is 10.3. The standard InChI is InChI=1S/C11H16N6O/c1-2-6-16-7-3-12-10(11(16)18)13-4-8-17-9-5-14-15-17/h3,5,7,9H,2,4,6,8H2,1H3,(H,12,13). The van der Waals surface area contributed by atoms with Gasteiger partial charge in [0.15, 0.2) is 5.82 Å². The zero-order valence-corrected chi connectivity index (χ0v) is 10.3. The molecule has 0 aliphatic carbocycles. The molecule has 2 heterocycles. The van der Waals surface area contributed by atoms with Gasteiger partial charge < -0.3 is 9.88 Å². The first-order valence-corrected chi connectivity index (χ1v) is 5.94. The van der Waals surface area contributed by atoms with Crippen molar-refractivity contribution in [2.45, 2.75) is 26.4 Å². The van der Waals surface area contributed by atoms with Gasteiger partial charge in [-0.1, -0.05) is 12.1 Å². The Morgan fingerprint density at radius 1 is 1.28 bits per heavy atom. The summed E-state index contributed by atoms with van der Waals surface area (Å²) >= 11 is 0. The number of aryl methyl sites for hydroxylation is 1. The molecule has 0 radical (unpaired) electrons. The molecule has 2 aromatic rings. The van der Waals surface area contributed by atoms with Gasteiger partial charge in [0.1, 0.15) is 0 Å². The summed E-state index contributed by atoms with van der Waals surface area (Å²) in [6.07, 6.45) is 7.65. The number of nitrogens with one attached hydrogen (secondary N) is 1. The normalized spacial score (nSPS) is 10.5.